The van der Waals surface area contributed by atoms with Crippen molar-refractivity contribution < 1.29 is 4.52 Å². The molecule has 2 aromatic heterocycles. The van der Waals surface area contributed by atoms with E-state index in [1.54, 1.807) is 11.3 Å². The highest BCUT2D eigenvalue weighted by molar-refractivity contribution is 7.10. The molecule has 1 atom stereocenters. The number of hydrogen-bond donors (Lipinski definition) is 1. The molecule has 1 unspecified atom stereocenters. The van der Waals surface area contributed by atoms with Crippen LogP contribution in [0, 0.1) is 6.92 Å². The van der Waals surface area contributed by atoms with Crippen molar-refractivity contribution in [3.8, 4) is 0 Å². The molecule has 0 aliphatic heterocycles. The second kappa shape index (κ2) is 3.27. The van der Waals surface area contributed by atoms with E-state index in [-0.39, 0.29) is 6.04 Å². The lowest BCUT2D eigenvalue weighted by Crippen LogP contribution is -2.13. The minimum absolute atomic E-state index is 0.273. The normalized spacial score (nSPS) is 13.1. The van der Waals surface area contributed by atoms with Crippen LogP contribution in [0.25, 0.3) is 0 Å². The van der Waals surface area contributed by atoms with Crippen molar-refractivity contribution in [1.82, 2.24) is 10.1 Å². The largest absolute Gasteiger partial charge is 0.343 e. The zero-order valence-electron chi connectivity index (χ0n) is 7.10. The predicted octanol–water partition coefficient (Wildman–Crippen LogP) is 1.49. The molecule has 0 aliphatic rings. The molecule has 0 aromatic carbocycles. The van der Waals surface area contributed by atoms with E-state index in [4.69, 9.17) is 5.73 Å². The highest BCUT2D eigenvalue weighted by atomic mass is 32.1. The molecule has 2 N–H and O–H groups in total. The lowest BCUT2D eigenvalue weighted by molar-refractivity contribution is 0.407. The number of nitrogens with two attached hydrogens (primary N) is 1. The summed E-state index contributed by atoms with van der Waals surface area (Å²) in [5.41, 5.74) is 6.99. The molecule has 0 bridgehead atoms. The van der Waals surface area contributed by atoms with Crippen molar-refractivity contribution in [3.05, 3.63) is 34.1 Å². The number of aryl methyl sites for hydroxylation is 1. The fraction of sp³-hybridized carbons (Fsp3) is 0.250. The molecule has 0 aliphatic carbocycles. The zero-order chi connectivity index (χ0) is 9.26. The molecule has 68 valence electrons. The van der Waals surface area contributed by atoms with Crippen molar-refractivity contribution >= 4 is 11.3 Å². The Balaban J connectivity index is 2.33. The summed E-state index contributed by atoms with van der Waals surface area (Å²) in [4.78, 5) is 5.11. The van der Waals surface area contributed by atoms with Crippen LogP contribution in [0.4, 0.5) is 0 Å². The van der Waals surface area contributed by atoms with Gasteiger partial charge in [0.25, 0.3) is 0 Å². The average molecular weight is 195 g/mol. The SMILES string of the molecule is Cc1sccc1C(N)c1ncon1. The molecular formula is C8H9N3OS. The highest BCUT2D eigenvalue weighted by Gasteiger charge is 2.15. The number of thiophene rings is 1. The highest BCUT2D eigenvalue weighted by Crippen LogP contribution is 2.23. The van der Waals surface area contributed by atoms with Gasteiger partial charge in [-0.2, -0.15) is 4.98 Å². The molecule has 13 heavy (non-hydrogen) atoms. The standard InChI is InChI=1S/C8H9N3OS/c1-5-6(2-3-13-5)7(9)8-10-4-12-11-8/h2-4,7H,9H2,1H3. The lowest BCUT2D eigenvalue weighted by atomic mass is 10.1. The Morgan fingerprint density at radius 1 is 1.62 bits per heavy atom. The van der Waals surface area contributed by atoms with Crippen LogP contribution in [0.3, 0.4) is 0 Å². The van der Waals surface area contributed by atoms with Crippen LogP contribution in [-0.4, -0.2) is 10.1 Å². The molecule has 0 radical (unpaired) electrons. The van der Waals surface area contributed by atoms with Crippen LogP contribution in [0.1, 0.15) is 22.3 Å². The minimum atomic E-state index is -0.273. The second-order valence-electron chi connectivity index (χ2n) is 2.70. The van der Waals surface area contributed by atoms with E-state index >= 15 is 0 Å². The van der Waals surface area contributed by atoms with E-state index in [0.717, 1.165) is 5.56 Å². The topological polar surface area (TPSA) is 64.9 Å². The van der Waals surface area contributed by atoms with Crippen molar-refractivity contribution in [2.24, 2.45) is 5.73 Å². The van der Waals surface area contributed by atoms with E-state index in [1.807, 2.05) is 18.4 Å². The van der Waals surface area contributed by atoms with E-state index in [9.17, 15) is 0 Å². The summed E-state index contributed by atoms with van der Waals surface area (Å²) in [7, 11) is 0. The zero-order valence-corrected chi connectivity index (χ0v) is 7.91. The third-order valence-corrected chi connectivity index (χ3v) is 2.75. The Bertz CT molecular complexity index is 382. The van der Waals surface area contributed by atoms with Gasteiger partial charge in [0.05, 0.1) is 6.04 Å². The van der Waals surface area contributed by atoms with Crippen LogP contribution in [0.2, 0.25) is 0 Å². The fourth-order valence-corrected chi connectivity index (χ4v) is 1.92. The summed E-state index contributed by atoms with van der Waals surface area (Å²) in [6.45, 7) is 2.03. The first-order valence-electron chi connectivity index (χ1n) is 3.85. The fourth-order valence-electron chi connectivity index (χ4n) is 1.17. The Morgan fingerprint density at radius 3 is 3.00 bits per heavy atom. The molecular weight excluding hydrogens is 186 g/mol. The molecule has 5 heteroatoms. The predicted molar refractivity (Wildman–Crippen MR) is 49.4 cm³/mol. The molecule has 2 heterocycles. The van der Waals surface area contributed by atoms with Gasteiger partial charge in [-0.05, 0) is 23.9 Å². The second-order valence-corrected chi connectivity index (χ2v) is 3.82. The van der Waals surface area contributed by atoms with Crippen molar-refractivity contribution in [2.75, 3.05) is 0 Å². The van der Waals surface area contributed by atoms with Crippen molar-refractivity contribution in [1.29, 1.82) is 0 Å². The van der Waals surface area contributed by atoms with Crippen molar-refractivity contribution in [2.45, 2.75) is 13.0 Å². The smallest absolute Gasteiger partial charge is 0.213 e. The number of nitrogens with zero attached hydrogens (tertiary/aromatic N) is 2. The van der Waals surface area contributed by atoms with Crippen LogP contribution in [-0.2, 0) is 0 Å². The molecule has 2 rings (SSSR count). The first-order valence-corrected chi connectivity index (χ1v) is 4.73. The Hall–Kier alpha value is -1.20. The third-order valence-electron chi connectivity index (χ3n) is 1.89. The van der Waals surface area contributed by atoms with E-state index < -0.39 is 0 Å². The van der Waals surface area contributed by atoms with Gasteiger partial charge in [-0.15, -0.1) is 11.3 Å². The summed E-state index contributed by atoms with van der Waals surface area (Å²) in [5.74, 6) is 0.529. The summed E-state index contributed by atoms with van der Waals surface area (Å²) in [5, 5.41) is 5.71. The molecule has 0 saturated carbocycles. The summed E-state index contributed by atoms with van der Waals surface area (Å²) in [6.07, 6.45) is 1.29. The van der Waals surface area contributed by atoms with E-state index in [2.05, 4.69) is 14.7 Å². The minimum Gasteiger partial charge on any atom is -0.343 e. The van der Waals surface area contributed by atoms with Crippen LogP contribution in [0.15, 0.2) is 22.4 Å². The van der Waals surface area contributed by atoms with E-state index in [0.29, 0.717) is 5.82 Å². The molecule has 4 nitrogen and oxygen atoms in total. The average Bonchev–Trinajstić information content (AvgIpc) is 2.72. The maximum Gasteiger partial charge on any atom is 0.213 e. The molecule has 0 fully saturated rings. The van der Waals surface area contributed by atoms with Crippen LogP contribution in [0.5, 0.6) is 0 Å². The van der Waals surface area contributed by atoms with Crippen molar-refractivity contribution in [3.63, 3.8) is 0 Å². The molecule has 0 spiro atoms. The summed E-state index contributed by atoms with van der Waals surface area (Å²) < 4.78 is 4.64. The molecule has 2 aromatic rings. The Kier molecular flexibility index (Phi) is 2.12. The Morgan fingerprint density at radius 2 is 2.46 bits per heavy atom. The van der Waals surface area contributed by atoms with Gasteiger partial charge < -0.3 is 10.3 Å². The molecule has 0 saturated heterocycles. The number of rotatable bonds is 2. The summed E-state index contributed by atoms with van der Waals surface area (Å²) >= 11 is 1.66. The van der Waals surface area contributed by atoms with E-state index in [1.165, 1.54) is 11.3 Å². The van der Waals surface area contributed by atoms with Gasteiger partial charge in [0.15, 0.2) is 5.82 Å². The first-order chi connectivity index (χ1) is 6.29. The number of aromatic nitrogens is 2. The van der Waals surface area contributed by atoms with Crippen LogP contribution >= 0.6 is 11.3 Å². The molecule has 0 amide bonds. The van der Waals surface area contributed by atoms with Gasteiger partial charge >= 0.3 is 0 Å². The maximum absolute atomic E-state index is 5.93. The van der Waals surface area contributed by atoms with Gasteiger partial charge in [0.2, 0.25) is 6.39 Å². The Labute approximate surface area is 79.4 Å². The van der Waals surface area contributed by atoms with Gasteiger partial charge in [-0.3, -0.25) is 0 Å². The van der Waals surface area contributed by atoms with Crippen LogP contribution < -0.4 is 5.73 Å². The van der Waals surface area contributed by atoms with Gasteiger partial charge in [0, 0.05) is 4.88 Å². The van der Waals surface area contributed by atoms with Gasteiger partial charge in [0.1, 0.15) is 0 Å². The third kappa shape index (κ3) is 1.48. The monoisotopic (exact) mass is 195 g/mol. The number of hydrogen-bond acceptors (Lipinski definition) is 5. The van der Waals surface area contributed by atoms with Gasteiger partial charge in [-0.25, -0.2) is 0 Å². The summed E-state index contributed by atoms with van der Waals surface area (Å²) in [6, 6.07) is 1.71. The maximum atomic E-state index is 5.93. The van der Waals surface area contributed by atoms with Gasteiger partial charge in [-0.1, -0.05) is 5.16 Å². The first kappa shape index (κ1) is 8.40. The quantitative estimate of drug-likeness (QED) is 0.788. The lowest BCUT2D eigenvalue weighted by Gasteiger charge is -2.05.